The van der Waals surface area contributed by atoms with Crippen LogP contribution in [0.25, 0.3) is 21.0 Å². The zero-order valence-electron chi connectivity index (χ0n) is 10.8. The Morgan fingerprint density at radius 3 is 2.19 bits per heavy atom. The molecule has 4 nitrogen and oxygen atoms in total. The zero-order valence-corrected chi connectivity index (χ0v) is 12.4. The van der Waals surface area contributed by atoms with Crippen LogP contribution in [-0.2, 0) is 10.1 Å². The van der Waals surface area contributed by atoms with Crippen LogP contribution in [0.3, 0.4) is 0 Å². The molecule has 2 aromatic carbocycles. The molecule has 0 unspecified atom stereocenters. The summed E-state index contributed by atoms with van der Waals surface area (Å²) in [5.41, 5.74) is 1.91. The molecular formula is C15H11NO3S2. The molecule has 1 heterocycles. The summed E-state index contributed by atoms with van der Waals surface area (Å²) >= 11 is 1.53. The fourth-order valence-electron chi connectivity index (χ4n) is 1.91. The molecule has 0 amide bonds. The predicted molar refractivity (Wildman–Crippen MR) is 82.8 cm³/mol. The predicted octanol–water partition coefficient (Wildman–Crippen LogP) is 3.72. The first-order valence-corrected chi connectivity index (χ1v) is 8.39. The van der Waals surface area contributed by atoms with Gasteiger partial charge < -0.3 is 0 Å². The highest BCUT2D eigenvalue weighted by atomic mass is 32.2. The fraction of sp³-hybridized carbons (Fsp3) is 0. The molecule has 0 aliphatic rings. The second-order valence-corrected chi connectivity index (χ2v) is 6.85. The zero-order chi connectivity index (χ0) is 14.9. The Morgan fingerprint density at radius 2 is 1.57 bits per heavy atom. The van der Waals surface area contributed by atoms with Gasteiger partial charge >= 0.3 is 0 Å². The Hall–Kier alpha value is -2.02. The van der Waals surface area contributed by atoms with E-state index in [0.717, 1.165) is 21.0 Å². The normalized spacial score (nSPS) is 11.5. The van der Waals surface area contributed by atoms with Crippen LogP contribution in [-0.4, -0.2) is 18.0 Å². The van der Waals surface area contributed by atoms with E-state index in [4.69, 9.17) is 4.55 Å². The number of hydrogen-bond acceptors (Lipinski definition) is 4. The quantitative estimate of drug-likeness (QED) is 0.748. The molecule has 0 fully saturated rings. The topological polar surface area (TPSA) is 67.3 Å². The molecule has 6 heteroatoms. The summed E-state index contributed by atoms with van der Waals surface area (Å²) in [6, 6.07) is 15.9. The highest BCUT2D eigenvalue weighted by molar-refractivity contribution is 7.85. The Labute approximate surface area is 126 Å². The molecule has 1 N–H and O–H groups in total. The summed E-state index contributed by atoms with van der Waals surface area (Å²) in [7, 11) is -4.16. The molecular weight excluding hydrogens is 306 g/mol. The van der Waals surface area contributed by atoms with E-state index in [1.54, 1.807) is 18.3 Å². The van der Waals surface area contributed by atoms with Gasteiger partial charge in [-0.25, -0.2) is 4.98 Å². The van der Waals surface area contributed by atoms with Crippen molar-refractivity contribution in [3.05, 3.63) is 60.8 Å². The van der Waals surface area contributed by atoms with Crippen LogP contribution in [0.5, 0.6) is 0 Å². The maximum absolute atomic E-state index is 11.0. The number of hydrogen-bond donors (Lipinski definition) is 1. The van der Waals surface area contributed by atoms with Gasteiger partial charge in [0.15, 0.2) is 0 Å². The van der Waals surface area contributed by atoms with Crippen molar-refractivity contribution in [2.24, 2.45) is 0 Å². The van der Waals surface area contributed by atoms with Gasteiger partial charge in [0.1, 0.15) is 5.01 Å². The average molecular weight is 317 g/mol. The third-order valence-electron chi connectivity index (χ3n) is 2.96. The number of thiazole rings is 1. The van der Waals surface area contributed by atoms with Crippen molar-refractivity contribution in [3.63, 3.8) is 0 Å². The summed E-state index contributed by atoms with van der Waals surface area (Å²) in [6.07, 6.45) is 1.80. The smallest absolute Gasteiger partial charge is 0.282 e. The van der Waals surface area contributed by atoms with Gasteiger partial charge in [-0.15, -0.1) is 11.3 Å². The average Bonchev–Trinajstić information content (AvgIpc) is 2.97. The van der Waals surface area contributed by atoms with Crippen LogP contribution in [0.4, 0.5) is 0 Å². The second kappa shape index (κ2) is 5.40. The lowest BCUT2D eigenvalue weighted by Gasteiger charge is -1.99. The Balaban J connectivity index is 1.94. The maximum Gasteiger partial charge on any atom is 0.294 e. The fourth-order valence-corrected chi connectivity index (χ4v) is 3.32. The van der Waals surface area contributed by atoms with Crippen LogP contribution in [0.15, 0.2) is 65.7 Å². The van der Waals surface area contributed by atoms with E-state index in [9.17, 15) is 8.42 Å². The van der Waals surface area contributed by atoms with Gasteiger partial charge in [-0.3, -0.25) is 4.55 Å². The molecule has 106 valence electrons. The van der Waals surface area contributed by atoms with Crippen molar-refractivity contribution in [1.82, 2.24) is 4.98 Å². The molecule has 0 spiro atoms. The standard InChI is InChI=1S/C15H11NO3S2/c17-21(18,19)13-8-6-12(7-9-13)15-16-10-14(20-15)11-4-2-1-3-5-11/h1-10H,(H,17,18,19). The maximum atomic E-state index is 11.0. The molecule has 0 aliphatic heterocycles. The minimum Gasteiger partial charge on any atom is -0.282 e. The van der Waals surface area contributed by atoms with Gasteiger partial charge in [-0.05, 0) is 17.7 Å². The molecule has 0 radical (unpaired) electrons. The highest BCUT2D eigenvalue weighted by Crippen LogP contribution is 2.32. The minimum atomic E-state index is -4.16. The monoisotopic (exact) mass is 317 g/mol. The van der Waals surface area contributed by atoms with Crippen LogP contribution >= 0.6 is 11.3 Å². The van der Waals surface area contributed by atoms with Gasteiger partial charge in [0.2, 0.25) is 0 Å². The molecule has 0 bridgehead atoms. The van der Waals surface area contributed by atoms with Crippen molar-refractivity contribution in [2.45, 2.75) is 4.90 Å². The summed E-state index contributed by atoms with van der Waals surface area (Å²) < 4.78 is 31.0. The van der Waals surface area contributed by atoms with E-state index in [1.165, 1.54) is 23.5 Å². The third kappa shape index (κ3) is 3.02. The lowest BCUT2D eigenvalue weighted by atomic mass is 10.2. The molecule has 3 aromatic rings. The van der Waals surface area contributed by atoms with Gasteiger partial charge in [0.05, 0.1) is 9.77 Å². The first-order valence-electron chi connectivity index (χ1n) is 6.13. The van der Waals surface area contributed by atoms with E-state index < -0.39 is 10.1 Å². The minimum absolute atomic E-state index is 0.119. The van der Waals surface area contributed by atoms with Crippen molar-refractivity contribution in [2.75, 3.05) is 0 Å². The number of aromatic nitrogens is 1. The van der Waals surface area contributed by atoms with E-state index in [2.05, 4.69) is 4.98 Å². The Morgan fingerprint density at radius 1 is 0.905 bits per heavy atom. The van der Waals surface area contributed by atoms with Gasteiger partial charge in [0, 0.05) is 11.8 Å². The number of benzene rings is 2. The molecule has 1 aromatic heterocycles. The first-order chi connectivity index (χ1) is 10.0. The SMILES string of the molecule is O=S(=O)(O)c1ccc(-c2ncc(-c3ccccc3)s2)cc1. The Kier molecular flexibility index (Phi) is 3.59. The first kappa shape index (κ1) is 13.9. The second-order valence-electron chi connectivity index (χ2n) is 4.40. The van der Waals surface area contributed by atoms with E-state index >= 15 is 0 Å². The number of rotatable bonds is 3. The van der Waals surface area contributed by atoms with E-state index in [-0.39, 0.29) is 4.90 Å². The van der Waals surface area contributed by atoms with Gasteiger partial charge in [0.25, 0.3) is 10.1 Å². The molecule has 21 heavy (non-hydrogen) atoms. The summed E-state index contributed by atoms with van der Waals surface area (Å²) in [6.45, 7) is 0. The van der Waals surface area contributed by atoms with Crippen LogP contribution in [0.1, 0.15) is 0 Å². The van der Waals surface area contributed by atoms with Crippen molar-refractivity contribution in [3.8, 4) is 21.0 Å². The van der Waals surface area contributed by atoms with E-state index in [0.29, 0.717) is 0 Å². The molecule has 3 rings (SSSR count). The van der Waals surface area contributed by atoms with Crippen molar-refractivity contribution >= 4 is 21.5 Å². The largest absolute Gasteiger partial charge is 0.294 e. The molecule has 0 saturated heterocycles. The molecule has 0 atom stereocenters. The lowest BCUT2D eigenvalue weighted by Crippen LogP contribution is -1.97. The Bertz CT molecular complexity index is 853. The summed E-state index contributed by atoms with van der Waals surface area (Å²) in [5.74, 6) is 0. The van der Waals surface area contributed by atoms with Crippen LogP contribution in [0, 0.1) is 0 Å². The molecule has 0 aliphatic carbocycles. The van der Waals surface area contributed by atoms with Crippen LogP contribution < -0.4 is 0 Å². The summed E-state index contributed by atoms with van der Waals surface area (Å²) in [5, 5.41) is 0.802. The summed E-state index contributed by atoms with van der Waals surface area (Å²) in [4.78, 5) is 5.29. The van der Waals surface area contributed by atoms with Gasteiger partial charge in [-0.2, -0.15) is 8.42 Å². The lowest BCUT2D eigenvalue weighted by molar-refractivity contribution is 0.483. The highest BCUT2D eigenvalue weighted by Gasteiger charge is 2.11. The number of nitrogens with zero attached hydrogens (tertiary/aromatic N) is 1. The van der Waals surface area contributed by atoms with Gasteiger partial charge in [-0.1, -0.05) is 42.5 Å². The third-order valence-corrected chi connectivity index (χ3v) is 4.93. The van der Waals surface area contributed by atoms with Crippen LogP contribution in [0.2, 0.25) is 0 Å². The molecule has 0 saturated carbocycles. The van der Waals surface area contributed by atoms with Crippen molar-refractivity contribution in [1.29, 1.82) is 0 Å². The van der Waals surface area contributed by atoms with E-state index in [1.807, 2.05) is 30.3 Å². The van der Waals surface area contributed by atoms with Crippen molar-refractivity contribution < 1.29 is 13.0 Å².